The summed E-state index contributed by atoms with van der Waals surface area (Å²) in [5.41, 5.74) is 13.0. The molecule has 3 aromatic rings. The molecular formula is C25H30N2O. The monoisotopic (exact) mass is 374 g/mol. The fourth-order valence-corrected chi connectivity index (χ4v) is 4.07. The molecular weight excluding hydrogens is 344 g/mol. The Kier molecular flexibility index (Phi) is 5.87. The summed E-state index contributed by atoms with van der Waals surface area (Å²) in [7, 11) is 0. The predicted octanol–water partition coefficient (Wildman–Crippen LogP) is 5.18. The topological polar surface area (TPSA) is 61.3 Å². The van der Waals surface area contributed by atoms with Gasteiger partial charge in [-0.05, 0) is 40.7 Å². The fourth-order valence-electron chi connectivity index (χ4n) is 4.07. The number of nitrogens with two attached hydrogens (primary N) is 2. The van der Waals surface area contributed by atoms with Gasteiger partial charge in [-0.25, -0.2) is 0 Å². The van der Waals surface area contributed by atoms with Crippen LogP contribution < -0.4 is 16.5 Å². The molecule has 3 heteroatoms. The Morgan fingerprint density at radius 1 is 0.893 bits per heavy atom. The lowest BCUT2D eigenvalue weighted by molar-refractivity contribution is 0.325. The smallest absolute Gasteiger partial charge is 0.155 e. The van der Waals surface area contributed by atoms with Crippen molar-refractivity contribution in [1.82, 2.24) is 0 Å². The highest BCUT2D eigenvalue weighted by atomic mass is 16.6. The van der Waals surface area contributed by atoms with Crippen LogP contribution in [0.15, 0.2) is 66.7 Å². The van der Waals surface area contributed by atoms with E-state index in [-0.39, 0.29) is 11.3 Å². The fraction of sp³-hybridized carbons (Fsp3) is 0.280. The molecule has 0 saturated heterocycles. The Hall–Kier alpha value is -2.62. The SMILES string of the molecule is Cc1c(C(C)(C)C)cc(CN)c(ON)c1C(c1ccccc1)c1ccccc1. The molecule has 0 saturated carbocycles. The maximum atomic E-state index is 6.10. The molecule has 0 bridgehead atoms. The number of rotatable bonds is 5. The lowest BCUT2D eigenvalue weighted by Gasteiger charge is -2.30. The van der Waals surface area contributed by atoms with Gasteiger partial charge in [-0.3, -0.25) is 0 Å². The zero-order chi connectivity index (χ0) is 20.3. The van der Waals surface area contributed by atoms with E-state index in [0.717, 1.165) is 11.1 Å². The molecule has 146 valence electrons. The van der Waals surface area contributed by atoms with Crippen LogP contribution in [-0.4, -0.2) is 0 Å². The van der Waals surface area contributed by atoms with Crippen LogP contribution in [0.5, 0.6) is 5.75 Å². The lowest BCUT2D eigenvalue weighted by atomic mass is 9.75. The summed E-state index contributed by atoms with van der Waals surface area (Å²) in [6.45, 7) is 9.21. The third kappa shape index (κ3) is 3.82. The van der Waals surface area contributed by atoms with Gasteiger partial charge in [0.1, 0.15) is 0 Å². The first kappa shape index (κ1) is 20.1. The van der Waals surface area contributed by atoms with E-state index in [1.807, 2.05) is 12.1 Å². The standard InChI is InChI=1S/C25H30N2O/c1-17-21(25(2,3)4)15-20(16-26)24(28-27)22(17)23(18-11-7-5-8-12-18)19-13-9-6-10-14-19/h5-15,23H,16,26-27H2,1-4H3. The van der Waals surface area contributed by atoms with Crippen molar-refractivity contribution < 1.29 is 4.84 Å². The van der Waals surface area contributed by atoms with Crippen molar-refractivity contribution >= 4 is 0 Å². The first-order valence-electron chi connectivity index (χ1n) is 9.72. The lowest BCUT2D eigenvalue weighted by Crippen LogP contribution is -2.20. The molecule has 0 spiro atoms. The molecule has 3 nitrogen and oxygen atoms in total. The quantitative estimate of drug-likeness (QED) is 0.477. The maximum absolute atomic E-state index is 6.10. The first-order chi connectivity index (χ1) is 13.4. The van der Waals surface area contributed by atoms with Crippen LogP contribution >= 0.6 is 0 Å². The molecule has 3 aromatic carbocycles. The minimum Gasteiger partial charge on any atom is -0.411 e. The van der Waals surface area contributed by atoms with Crippen molar-refractivity contribution in [3.63, 3.8) is 0 Å². The minimum atomic E-state index is -0.0200. The van der Waals surface area contributed by atoms with Gasteiger partial charge in [0, 0.05) is 23.6 Å². The Labute approximate surface area is 168 Å². The second kappa shape index (κ2) is 8.17. The number of hydrogen-bond donors (Lipinski definition) is 2. The Bertz CT molecular complexity index is 889. The zero-order valence-electron chi connectivity index (χ0n) is 17.2. The van der Waals surface area contributed by atoms with Crippen LogP contribution in [0.1, 0.15) is 60.1 Å². The van der Waals surface area contributed by atoms with Gasteiger partial charge in [-0.15, -0.1) is 0 Å². The van der Waals surface area contributed by atoms with Crippen molar-refractivity contribution in [1.29, 1.82) is 0 Å². The van der Waals surface area contributed by atoms with Crippen LogP contribution in [0.25, 0.3) is 0 Å². The van der Waals surface area contributed by atoms with E-state index in [1.165, 1.54) is 22.3 Å². The third-order valence-electron chi connectivity index (χ3n) is 5.36. The average Bonchev–Trinajstić information content (AvgIpc) is 2.70. The van der Waals surface area contributed by atoms with E-state index in [9.17, 15) is 0 Å². The highest BCUT2D eigenvalue weighted by Gasteiger charge is 2.29. The Morgan fingerprint density at radius 3 is 1.79 bits per heavy atom. The van der Waals surface area contributed by atoms with E-state index in [4.69, 9.17) is 16.5 Å². The summed E-state index contributed by atoms with van der Waals surface area (Å²) >= 11 is 0. The summed E-state index contributed by atoms with van der Waals surface area (Å²) in [4.78, 5) is 5.46. The average molecular weight is 375 g/mol. The van der Waals surface area contributed by atoms with Crippen LogP contribution in [0, 0.1) is 6.92 Å². The van der Waals surface area contributed by atoms with Crippen LogP contribution in [0.4, 0.5) is 0 Å². The second-order valence-corrected chi connectivity index (χ2v) is 8.28. The van der Waals surface area contributed by atoms with Gasteiger partial charge in [0.2, 0.25) is 0 Å². The molecule has 3 rings (SSSR count). The molecule has 0 aromatic heterocycles. The molecule has 0 unspecified atom stereocenters. The first-order valence-corrected chi connectivity index (χ1v) is 9.72. The van der Waals surface area contributed by atoms with E-state index in [1.54, 1.807) is 0 Å². The van der Waals surface area contributed by atoms with Gasteiger partial charge in [0.15, 0.2) is 5.75 Å². The molecule has 28 heavy (non-hydrogen) atoms. The summed E-state index contributed by atoms with van der Waals surface area (Å²) in [6, 6.07) is 23.1. The number of hydrogen-bond acceptors (Lipinski definition) is 3. The summed E-state index contributed by atoms with van der Waals surface area (Å²) in [5.74, 6) is 6.49. The molecule has 0 atom stereocenters. The van der Waals surface area contributed by atoms with E-state index >= 15 is 0 Å². The maximum Gasteiger partial charge on any atom is 0.155 e. The van der Waals surface area contributed by atoms with Crippen molar-refractivity contribution in [2.75, 3.05) is 0 Å². The molecule has 0 fully saturated rings. The van der Waals surface area contributed by atoms with Gasteiger partial charge in [0.05, 0.1) is 0 Å². The van der Waals surface area contributed by atoms with E-state index < -0.39 is 0 Å². The molecule has 0 aliphatic heterocycles. The van der Waals surface area contributed by atoms with Gasteiger partial charge >= 0.3 is 0 Å². The second-order valence-electron chi connectivity index (χ2n) is 8.28. The van der Waals surface area contributed by atoms with Crippen molar-refractivity contribution in [2.24, 2.45) is 11.6 Å². The molecule has 0 radical (unpaired) electrons. The van der Waals surface area contributed by atoms with E-state index in [2.05, 4.69) is 82.3 Å². The van der Waals surface area contributed by atoms with Gasteiger partial charge in [-0.2, -0.15) is 5.90 Å². The van der Waals surface area contributed by atoms with E-state index in [0.29, 0.717) is 12.3 Å². The van der Waals surface area contributed by atoms with Crippen LogP contribution in [-0.2, 0) is 12.0 Å². The zero-order valence-corrected chi connectivity index (χ0v) is 17.2. The predicted molar refractivity (Wildman–Crippen MR) is 116 cm³/mol. The normalized spacial score (nSPS) is 11.7. The van der Waals surface area contributed by atoms with Gasteiger partial charge in [0.25, 0.3) is 0 Å². The van der Waals surface area contributed by atoms with Crippen molar-refractivity contribution in [2.45, 2.75) is 45.6 Å². The summed E-state index contributed by atoms with van der Waals surface area (Å²) in [6.07, 6.45) is 0. The number of benzene rings is 3. The molecule has 0 aliphatic rings. The van der Waals surface area contributed by atoms with Crippen molar-refractivity contribution in [3.8, 4) is 5.75 Å². The highest BCUT2D eigenvalue weighted by Crippen LogP contribution is 2.44. The third-order valence-corrected chi connectivity index (χ3v) is 5.36. The summed E-state index contributed by atoms with van der Waals surface area (Å²) in [5, 5.41) is 0. The molecule has 0 aliphatic carbocycles. The Morgan fingerprint density at radius 2 is 1.39 bits per heavy atom. The van der Waals surface area contributed by atoms with Crippen LogP contribution in [0.3, 0.4) is 0 Å². The molecule has 0 heterocycles. The molecule has 4 N–H and O–H groups in total. The highest BCUT2D eigenvalue weighted by molar-refractivity contribution is 5.59. The minimum absolute atomic E-state index is 0.00792. The summed E-state index contributed by atoms with van der Waals surface area (Å²) < 4.78 is 0. The van der Waals surface area contributed by atoms with Crippen molar-refractivity contribution in [3.05, 3.63) is 100 Å². The largest absolute Gasteiger partial charge is 0.411 e. The Balaban J connectivity index is 2.39. The van der Waals surface area contributed by atoms with Gasteiger partial charge in [-0.1, -0.05) is 81.4 Å². The van der Waals surface area contributed by atoms with Gasteiger partial charge < -0.3 is 10.6 Å². The molecule has 0 amide bonds. The van der Waals surface area contributed by atoms with Crippen LogP contribution in [0.2, 0.25) is 0 Å².